The van der Waals surface area contributed by atoms with Crippen molar-refractivity contribution >= 4 is 35.0 Å². The van der Waals surface area contributed by atoms with Crippen LogP contribution in [0.2, 0.25) is 5.02 Å². The SMILES string of the molecule is CSc1nc(C)cc(C(=O)Nc2ccc(Cl)cc2F)n1. The van der Waals surface area contributed by atoms with Gasteiger partial charge in [-0.25, -0.2) is 14.4 Å². The third-order valence-electron chi connectivity index (χ3n) is 2.43. The largest absolute Gasteiger partial charge is 0.318 e. The Morgan fingerprint density at radius 3 is 2.75 bits per heavy atom. The summed E-state index contributed by atoms with van der Waals surface area (Å²) in [6, 6.07) is 5.58. The number of hydrogen-bond donors (Lipinski definition) is 1. The highest BCUT2D eigenvalue weighted by Gasteiger charge is 2.13. The van der Waals surface area contributed by atoms with Crippen molar-refractivity contribution < 1.29 is 9.18 Å². The Hall–Kier alpha value is -1.66. The van der Waals surface area contributed by atoms with Crippen LogP contribution in [0.4, 0.5) is 10.1 Å². The molecule has 7 heteroatoms. The van der Waals surface area contributed by atoms with Gasteiger partial charge in [-0.15, -0.1) is 0 Å². The molecule has 0 saturated heterocycles. The van der Waals surface area contributed by atoms with E-state index in [2.05, 4.69) is 15.3 Å². The predicted molar refractivity (Wildman–Crippen MR) is 77.9 cm³/mol. The average Bonchev–Trinajstić information content (AvgIpc) is 2.41. The molecule has 0 radical (unpaired) electrons. The number of benzene rings is 1. The van der Waals surface area contributed by atoms with Crippen molar-refractivity contribution in [2.75, 3.05) is 11.6 Å². The first-order chi connectivity index (χ1) is 9.49. The lowest BCUT2D eigenvalue weighted by Crippen LogP contribution is -2.15. The summed E-state index contributed by atoms with van der Waals surface area (Å²) in [4.78, 5) is 20.3. The average molecular weight is 312 g/mol. The van der Waals surface area contributed by atoms with Gasteiger partial charge in [0.25, 0.3) is 5.91 Å². The first-order valence-corrected chi connectivity index (χ1v) is 7.26. The number of rotatable bonds is 3. The van der Waals surface area contributed by atoms with Gasteiger partial charge in [-0.05, 0) is 37.4 Å². The Morgan fingerprint density at radius 1 is 1.35 bits per heavy atom. The highest BCUT2D eigenvalue weighted by Crippen LogP contribution is 2.19. The molecule has 0 aliphatic rings. The lowest BCUT2D eigenvalue weighted by molar-refractivity contribution is 0.102. The summed E-state index contributed by atoms with van der Waals surface area (Å²) in [5, 5.41) is 3.22. The monoisotopic (exact) mass is 311 g/mol. The van der Waals surface area contributed by atoms with Crippen molar-refractivity contribution in [1.82, 2.24) is 9.97 Å². The van der Waals surface area contributed by atoms with Crippen LogP contribution in [0.5, 0.6) is 0 Å². The Balaban J connectivity index is 2.26. The molecule has 1 aromatic heterocycles. The van der Waals surface area contributed by atoms with Crippen molar-refractivity contribution in [2.45, 2.75) is 12.1 Å². The minimum atomic E-state index is -0.596. The summed E-state index contributed by atoms with van der Waals surface area (Å²) in [6.45, 7) is 1.76. The molecular weight excluding hydrogens is 301 g/mol. The molecule has 104 valence electrons. The maximum Gasteiger partial charge on any atom is 0.274 e. The zero-order chi connectivity index (χ0) is 14.7. The zero-order valence-corrected chi connectivity index (χ0v) is 12.3. The number of carbonyl (C=O) groups is 1. The molecule has 0 unspecified atom stereocenters. The van der Waals surface area contributed by atoms with Crippen molar-refractivity contribution in [1.29, 1.82) is 0 Å². The standard InChI is InChI=1S/C13H11ClFN3OS/c1-7-5-11(18-13(16-7)20-2)12(19)17-10-4-3-8(14)6-9(10)15/h3-6H,1-2H3,(H,17,19). The number of halogens is 2. The van der Waals surface area contributed by atoms with Crippen LogP contribution in [0.25, 0.3) is 0 Å². The van der Waals surface area contributed by atoms with Gasteiger partial charge in [0, 0.05) is 10.7 Å². The third kappa shape index (κ3) is 3.46. The van der Waals surface area contributed by atoms with Gasteiger partial charge in [0.05, 0.1) is 5.69 Å². The van der Waals surface area contributed by atoms with Crippen LogP contribution in [0.15, 0.2) is 29.4 Å². The van der Waals surface area contributed by atoms with E-state index in [1.54, 1.807) is 13.0 Å². The molecule has 0 bridgehead atoms. The Labute approximate surface area is 124 Å². The number of aryl methyl sites for hydroxylation is 1. The van der Waals surface area contributed by atoms with Gasteiger partial charge in [0.15, 0.2) is 5.16 Å². The second-order valence-corrected chi connectivity index (χ2v) is 5.17. The maximum absolute atomic E-state index is 13.6. The van der Waals surface area contributed by atoms with Crippen molar-refractivity contribution in [3.63, 3.8) is 0 Å². The van der Waals surface area contributed by atoms with Crippen LogP contribution in [0.1, 0.15) is 16.2 Å². The van der Waals surface area contributed by atoms with E-state index in [-0.39, 0.29) is 16.4 Å². The summed E-state index contributed by atoms with van der Waals surface area (Å²) in [7, 11) is 0. The topological polar surface area (TPSA) is 54.9 Å². The van der Waals surface area contributed by atoms with E-state index in [4.69, 9.17) is 11.6 Å². The van der Waals surface area contributed by atoms with Gasteiger partial charge in [0.1, 0.15) is 11.5 Å². The minimum Gasteiger partial charge on any atom is -0.318 e. The number of hydrogen-bond acceptors (Lipinski definition) is 4. The van der Waals surface area contributed by atoms with Crippen LogP contribution in [0.3, 0.4) is 0 Å². The zero-order valence-electron chi connectivity index (χ0n) is 10.8. The molecule has 1 heterocycles. The quantitative estimate of drug-likeness (QED) is 0.695. The second-order valence-electron chi connectivity index (χ2n) is 3.96. The van der Waals surface area contributed by atoms with Crippen LogP contribution >= 0.6 is 23.4 Å². The van der Waals surface area contributed by atoms with Crippen LogP contribution in [-0.2, 0) is 0 Å². The third-order valence-corrected chi connectivity index (χ3v) is 3.21. The van der Waals surface area contributed by atoms with E-state index >= 15 is 0 Å². The number of amides is 1. The Kier molecular flexibility index (Phi) is 4.57. The number of carbonyl (C=O) groups excluding carboxylic acids is 1. The minimum absolute atomic E-state index is 0.0568. The summed E-state index contributed by atoms with van der Waals surface area (Å²) in [6.07, 6.45) is 1.81. The molecule has 0 fully saturated rings. The predicted octanol–water partition coefficient (Wildman–Crippen LogP) is 3.55. The fourth-order valence-corrected chi connectivity index (χ4v) is 2.11. The molecule has 0 aliphatic carbocycles. The normalized spacial score (nSPS) is 10.4. The molecule has 1 aromatic carbocycles. The number of thioether (sulfide) groups is 1. The molecule has 2 aromatic rings. The Morgan fingerprint density at radius 2 is 2.10 bits per heavy atom. The summed E-state index contributed by atoms with van der Waals surface area (Å²) >= 11 is 6.99. The molecule has 1 amide bonds. The molecular formula is C13H11ClFN3OS. The number of nitrogens with one attached hydrogen (secondary N) is 1. The van der Waals surface area contributed by atoms with E-state index in [1.807, 2.05) is 6.26 Å². The van der Waals surface area contributed by atoms with Crippen molar-refractivity contribution in [3.05, 3.63) is 46.5 Å². The molecule has 0 aliphatic heterocycles. The number of aromatic nitrogens is 2. The number of anilines is 1. The van der Waals surface area contributed by atoms with Crippen LogP contribution in [0, 0.1) is 12.7 Å². The van der Waals surface area contributed by atoms with E-state index in [1.165, 1.54) is 23.9 Å². The fourth-order valence-electron chi connectivity index (χ4n) is 1.53. The van der Waals surface area contributed by atoms with Gasteiger partial charge < -0.3 is 5.32 Å². The molecule has 0 spiro atoms. The first-order valence-electron chi connectivity index (χ1n) is 5.65. The lowest BCUT2D eigenvalue weighted by atomic mass is 10.2. The number of nitrogens with zero attached hydrogens (tertiary/aromatic N) is 2. The van der Waals surface area contributed by atoms with Crippen molar-refractivity contribution in [3.8, 4) is 0 Å². The second kappa shape index (κ2) is 6.19. The van der Waals surface area contributed by atoms with Crippen LogP contribution < -0.4 is 5.32 Å². The lowest BCUT2D eigenvalue weighted by Gasteiger charge is -2.07. The van der Waals surface area contributed by atoms with Gasteiger partial charge in [-0.1, -0.05) is 23.4 Å². The van der Waals surface area contributed by atoms with Gasteiger partial charge in [0.2, 0.25) is 0 Å². The maximum atomic E-state index is 13.6. The first kappa shape index (κ1) is 14.7. The molecule has 0 saturated carbocycles. The van der Waals surface area contributed by atoms with Gasteiger partial charge in [-0.3, -0.25) is 4.79 Å². The van der Waals surface area contributed by atoms with Gasteiger partial charge in [-0.2, -0.15) is 0 Å². The van der Waals surface area contributed by atoms with E-state index in [0.29, 0.717) is 10.9 Å². The Bertz CT molecular complexity index is 666. The van der Waals surface area contributed by atoms with E-state index in [0.717, 1.165) is 6.07 Å². The smallest absolute Gasteiger partial charge is 0.274 e. The summed E-state index contributed by atoms with van der Waals surface area (Å²) in [5.41, 5.74) is 0.920. The van der Waals surface area contributed by atoms with Gasteiger partial charge >= 0.3 is 0 Å². The van der Waals surface area contributed by atoms with E-state index < -0.39 is 11.7 Å². The highest BCUT2D eigenvalue weighted by atomic mass is 35.5. The van der Waals surface area contributed by atoms with E-state index in [9.17, 15) is 9.18 Å². The van der Waals surface area contributed by atoms with Crippen LogP contribution in [-0.4, -0.2) is 22.1 Å². The summed E-state index contributed by atoms with van der Waals surface area (Å²) in [5.74, 6) is -1.09. The highest BCUT2D eigenvalue weighted by molar-refractivity contribution is 7.98. The fraction of sp³-hybridized carbons (Fsp3) is 0.154. The molecule has 2 rings (SSSR count). The summed E-state index contributed by atoms with van der Waals surface area (Å²) < 4.78 is 13.6. The molecule has 4 nitrogen and oxygen atoms in total. The molecule has 0 atom stereocenters. The van der Waals surface area contributed by atoms with Crippen molar-refractivity contribution in [2.24, 2.45) is 0 Å². The molecule has 1 N–H and O–H groups in total. The molecule has 20 heavy (non-hydrogen) atoms.